The van der Waals surface area contributed by atoms with E-state index in [9.17, 15) is 4.79 Å². The van der Waals surface area contributed by atoms with Gasteiger partial charge in [-0.2, -0.15) is 0 Å². The lowest BCUT2D eigenvalue weighted by Gasteiger charge is -2.25. The van der Waals surface area contributed by atoms with Crippen molar-refractivity contribution in [3.05, 3.63) is 36.0 Å². The number of ether oxygens (including phenoxy) is 3. The Morgan fingerprint density at radius 3 is 2.54 bits per heavy atom. The summed E-state index contributed by atoms with van der Waals surface area (Å²) in [5.74, 6) is 0.977. The van der Waals surface area contributed by atoms with Gasteiger partial charge in [-0.3, -0.25) is 4.90 Å². The molecule has 1 saturated heterocycles. The molecule has 1 fully saturated rings. The molecule has 2 aliphatic heterocycles. The summed E-state index contributed by atoms with van der Waals surface area (Å²) in [5, 5.41) is 0.820. The zero-order valence-corrected chi connectivity index (χ0v) is 15.5. The van der Waals surface area contributed by atoms with Crippen molar-refractivity contribution in [2.24, 2.45) is 0 Å². The SMILES string of the molecule is Cc1c(C(=O)OCCN2CCCCC2)oc2cc3c(cc12)OC=CO3.Cl. The second kappa shape index (κ2) is 8.01. The van der Waals surface area contributed by atoms with E-state index in [2.05, 4.69) is 4.90 Å². The van der Waals surface area contributed by atoms with Crippen LogP contribution >= 0.6 is 12.4 Å². The van der Waals surface area contributed by atoms with E-state index < -0.39 is 5.97 Å². The molecule has 2 aromatic rings. The van der Waals surface area contributed by atoms with Crippen molar-refractivity contribution in [2.45, 2.75) is 26.2 Å². The summed E-state index contributed by atoms with van der Waals surface area (Å²) in [4.78, 5) is 14.7. The molecule has 1 aromatic carbocycles. The third-order valence-electron chi connectivity index (χ3n) is 4.72. The number of furan rings is 1. The van der Waals surface area contributed by atoms with Crippen molar-refractivity contribution in [1.29, 1.82) is 0 Å². The molecular weight excluding hydrogens is 358 g/mol. The maximum atomic E-state index is 12.4. The van der Waals surface area contributed by atoms with Crippen LogP contribution in [0.25, 0.3) is 11.0 Å². The molecule has 3 heterocycles. The quantitative estimate of drug-likeness (QED) is 0.747. The van der Waals surface area contributed by atoms with Crippen LogP contribution in [0.4, 0.5) is 0 Å². The predicted octanol–water partition coefficient (Wildman–Crippen LogP) is 4.05. The Balaban J connectivity index is 0.00000196. The second-order valence-electron chi connectivity index (χ2n) is 6.40. The van der Waals surface area contributed by atoms with Gasteiger partial charge < -0.3 is 18.6 Å². The Labute approximate surface area is 158 Å². The Morgan fingerprint density at radius 1 is 1.12 bits per heavy atom. The number of hydrogen-bond acceptors (Lipinski definition) is 6. The number of hydrogen-bond donors (Lipinski definition) is 0. The van der Waals surface area contributed by atoms with Crippen LogP contribution in [0.1, 0.15) is 35.4 Å². The summed E-state index contributed by atoms with van der Waals surface area (Å²) in [5.41, 5.74) is 1.33. The van der Waals surface area contributed by atoms with Crippen molar-refractivity contribution >= 4 is 29.3 Å². The Bertz CT molecular complexity index is 823. The minimum absolute atomic E-state index is 0. The van der Waals surface area contributed by atoms with Crippen molar-refractivity contribution in [3.63, 3.8) is 0 Å². The number of piperidine rings is 1. The maximum Gasteiger partial charge on any atom is 0.374 e. The van der Waals surface area contributed by atoms with Gasteiger partial charge in [-0.15, -0.1) is 12.4 Å². The third-order valence-corrected chi connectivity index (χ3v) is 4.72. The van der Waals surface area contributed by atoms with Crippen LogP contribution in [0.2, 0.25) is 0 Å². The van der Waals surface area contributed by atoms with Crippen molar-refractivity contribution < 1.29 is 23.4 Å². The van der Waals surface area contributed by atoms with E-state index in [4.69, 9.17) is 18.6 Å². The second-order valence-corrected chi connectivity index (χ2v) is 6.40. The third kappa shape index (κ3) is 3.66. The highest BCUT2D eigenvalue weighted by Gasteiger charge is 2.22. The zero-order chi connectivity index (χ0) is 17.2. The highest BCUT2D eigenvalue weighted by atomic mass is 35.5. The average Bonchev–Trinajstić information content (AvgIpc) is 2.97. The van der Waals surface area contributed by atoms with Gasteiger partial charge in [-0.25, -0.2) is 4.79 Å². The molecule has 0 atom stereocenters. The number of esters is 1. The van der Waals surface area contributed by atoms with Crippen LogP contribution in [0.3, 0.4) is 0 Å². The first kappa shape index (κ1) is 18.6. The number of carbonyl (C=O) groups is 1. The molecular formula is C19H22ClNO5. The average molecular weight is 380 g/mol. The Hall–Kier alpha value is -2.18. The summed E-state index contributed by atoms with van der Waals surface area (Å²) in [6.45, 7) is 5.16. The number of likely N-dealkylation sites (tertiary alicyclic amines) is 1. The van der Waals surface area contributed by atoms with Gasteiger partial charge in [0.05, 0.1) is 0 Å². The van der Waals surface area contributed by atoms with Crippen LogP contribution in [-0.2, 0) is 4.74 Å². The van der Waals surface area contributed by atoms with Gasteiger partial charge in [-0.1, -0.05) is 6.42 Å². The standard InChI is InChI=1S/C19H21NO5.ClH/c1-13-14-11-16-17(23-10-9-22-16)12-15(14)25-18(13)19(21)24-8-7-20-5-3-2-4-6-20;/h9-12H,2-8H2,1H3;1H. The molecule has 0 spiro atoms. The first-order valence-corrected chi connectivity index (χ1v) is 8.67. The van der Waals surface area contributed by atoms with Crippen LogP contribution in [0.5, 0.6) is 11.5 Å². The molecule has 0 aliphatic carbocycles. The fourth-order valence-corrected chi connectivity index (χ4v) is 3.32. The molecule has 1 aromatic heterocycles. The predicted molar refractivity (Wildman–Crippen MR) is 99.2 cm³/mol. The lowest BCUT2D eigenvalue weighted by atomic mass is 10.1. The molecule has 2 aliphatic rings. The van der Waals surface area contributed by atoms with Gasteiger partial charge in [0.2, 0.25) is 5.76 Å². The van der Waals surface area contributed by atoms with Gasteiger partial charge >= 0.3 is 5.97 Å². The molecule has 0 N–H and O–H groups in total. The molecule has 0 bridgehead atoms. The van der Waals surface area contributed by atoms with E-state index in [1.54, 1.807) is 6.07 Å². The lowest BCUT2D eigenvalue weighted by molar-refractivity contribution is 0.0418. The van der Waals surface area contributed by atoms with E-state index in [0.717, 1.165) is 30.6 Å². The normalized spacial score (nSPS) is 16.3. The highest BCUT2D eigenvalue weighted by molar-refractivity contribution is 5.97. The summed E-state index contributed by atoms with van der Waals surface area (Å²) >= 11 is 0. The topological polar surface area (TPSA) is 61.1 Å². The summed E-state index contributed by atoms with van der Waals surface area (Å²) < 4.78 is 21.9. The zero-order valence-electron chi connectivity index (χ0n) is 14.7. The first-order valence-electron chi connectivity index (χ1n) is 8.67. The molecule has 4 rings (SSSR count). The van der Waals surface area contributed by atoms with Crippen LogP contribution in [-0.4, -0.2) is 37.1 Å². The smallest absolute Gasteiger partial charge is 0.374 e. The van der Waals surface area contributed by atoms with E-state index in [1.165, 1.54) is 31.8 Å². The number of carbonyl (C=O) groups excluding carboxylic acids is 1. The first-order chi connectivity index (χ1) is 12.2. The molecule has 26 heavy (non-hydrogen) atoms. The summed E-state index contributed by atoms with van der Waals surface area (Å²) in [7, 11) is 0. The lowest BCUT2D eigenvalue weighted by Crippen LogP contribution is -2.33. The minimum Gasteiger partial charge on any atom is -0.458 e. The Kier molecular flexibility index (Phi) is 5.74. The molecule has 6 nitrogen and oxygen atoms in total. The highest BCUT2D eigenvalue weighted by Crippen LogP contribution is 2.38. The minimum atomic E-state index is -0.427. The summed E-state index contributed by atoms with van der Waals surface area (Å²) in [6, 6.07) is 3.54. The van der Waals surface area contributed by atoms with E-state index in [1.807, 2.05) is 13.0 Å². The van der Waals surface area contributed by atoms with Crippen LogP contribution in [0.15, 0.2) is 29.1 Å². The van der Waals surface area contributed by atoms with Crippen molar-refractivity contribution in [3.8, 4) is 11.5 Å². The van der Waals surface area contributed by atoms with Crippen molar-refractivity contribution in [2.75, 3.05) is 26.2 Å². The molecule has 0 amide bonds. The van der Waals surface area contributed by atoms with Crippen LogP contribution in [0, 0.1) is 6.92 Å². The van der Waals surface area contributed by atoms with Gasteiger partial charge in [0.25, 0.3) is 0 Å². The molecule has 0 unspecified atom stereocenters. The molecule has 140 valence electrons. The number of rotatable bonds is 4. The fraction of sp³-hybridized carbons (Fsp3) is 0.421. The van der Waals surface area contributed by atoms with Gasteiger partial charge in [-0.05, 0) is 38.9 Å². The monoisotopic (exact) mass is 379 g/mol. The Morgan fingerprint density at radius 2 is 1.81 bits per heavy atom. The van der Waals surface area contributed by atoms with Gasteiger partial charge in [0, 0.05) is 23.6 Å². The number of halogens is 1. The van der Waals surface area contributed by atoms with Crippen LogP contribution < -0.4 is 9.47 Å². The molecule has 7 heteroatoms. The van der Waals surface area contributed by atoms with Gasteiger partial charge in [0.15, 0.2) is 11.5 Å². The largest absolute Gasteiger partial charge is 0.458 e. The van der Waals surface area contributed by atoms with Crippen molar-refractivity contribution in [1.82, 2.24) is 4.90 Å². The number of nitrogens with zero attached hydrogens (tertiary/aromatic N) is 1. The van der Waals surface area contributed by atoms with E-state index in [-0.39, 0.29) is 18.2 Å². The maximum absolute atomic E-state index is 12.4. The van der Waals surface area contributed by atoms with E-state index >= 15 is 0 Å². The summed E-state index contributed by atoms with van der Waals surface area (Å²) in [6.07, 6.45) is 6.67. The fourth-order valence-electron chi connectivity index (χ4n) is 3.32. The molecule has 0 radical (unpaired) electrons. The number of fused-ring (bicyclic) bond motifs is 2. The van der Waals surface area contributed by atoms with E-state index in [0.29, 0.717) is 23.7 Å². The molecule has 0 saturated carbocycles. The number of aryl methyl sites for hydroxylation is 1. The number of benzene rings is 1. The van der Waals surface area contributed by atoms with Gasteiger partial charge in [0.1, 0.15) is 24.7 Å².